The van der Waals surface area contributed by atoms with Crippen LogP contribution in [0.5, 0.6) is 0 Å². The highest BCUT2D eigenvalue weighted by Crippen LogP contribution is 2.63. The van der Waals surface area contributed by atoms with Crippen LogP contribution in [0.2, 0.25) is 0 Å². The van der Waals surface area contributed by atoms with Gasteiger partial charge in [-0.1, -0.05) is 39.7 Å². The first kappa shape index (κ1) is 18.5. The molecule has 2 N–H and O–H groups in total. The molecule has 0 aliphatic heterocycles. The Hall–Kier alpha value is -0.830. The van der Waals surface area contributed by atoms with E-state index in [0.717, 1.165) is 18.4 Å². The summed E-state index contributed by atoms with van der Waals surface area (Å²) < 4.78 is 0. The van der Waals surface area contributed by atoms with Crippen molar-refractivity contribution in [2.45, 2.75) is 85.2 Å². The lowest BCUT2D eigenvalue weighted by Gasteiger charge is -2.63. The summed E-state index contributed by atoms with van der Waals surface area (Å²) in [5.74, 6) is -0.0712. The van der Waals surface area contributed by atoms with Crippen LogP contribution in [0.15, 0.2) is 11.6 Å². The van der Waals surface area contributed by atoms with E-state index in [9.17, 15) is 9.90 Å². The van der Waals surface area contributed by atoms with E-state index in [0.29, 0.717) is 18.8 Å². The minimum atomic E-state index is -0.894. The lowest BCUT2D eigenvalue weighted by atomic mass is 9.44. The molecule has 0 amide bonds. The van der Waals surface area contributed by atoms with Gasteiger partial charge in [0.15, 0.2) is 0 Å². The molecular formula is C20H34O3. The fourth-order valence-corrected chi connectivity index (χ4v) is 5.77. The van der Waals surface area contributed by atoms with Crippen molar-refractivity contribution in [3.63, 3.8) is 0 Å². The molecule has 0 radical (unpaired) electrons. The molecule has 132 valence electrons. The lowest BCUT2D eigenvalue weighted by molar-refractivity contribution is -0.211. The van der Waals surface area contributed by atoms with Gasteiger partial charge in [-0.2, -0.15) is 0 Å². The highest BCUT2D eigenvalue weighted by Gasteiger charge is 2.60. The van der Waals surface area contributed by atoms with Crippen LogP contribution in [0.4, 0.5) is 0 Å². The number of carbonyl (C=O) groups is 1. The molecule has 2 rings (SSSR count). The summed E-state index contributed by atoms with van der Waals surface area (Å²) in [6.07, 6.45) is 8.40. The van der Waals surface area contributed by atoms with E-state index in [2.05, 4.69) is 27.7 Å². The Labute approximate surface area is 141 Å². The normalized spacial score (nSPS) is 40.5. The van der Waals surface area contributed by atoms with Gasteiger partial charge in [-0.3, -0.25) is 0 Å². The Morgan fingerprint density at radius 1 is 1.22 bits per heavy atom. The maximum Gasteiger partial charge on any atom is 0.328 e. The number of allylic oxidation sites excluding steroid dienone is 1. The average Bonchev–Trinajstić information content (AvgIpc) is 2.41. The zero-order chi connectivity index (χ0) is 17.5. The minimum Gasteiger partial charge on any atom is -0.478 e. The van der Waals surface area contributed by atoms with Crippen LogP contribution in [0.25, 0.3) is 0 Å². The van der Waals surface area contributed by atoms with Crippen molar-refractivity contribution in [3.8, 4) is 0 Å². The summed E-state index contributed by atoms with van der Waals surface area (Å²) in [6.45, 7) is 11.1. The van der Waals surface area contributed by atoms with Gasteiger partial charge in [-0.05, 0) is 68.1 Å². The van der Waals surface area contributed by atoms with Gasteiger partial charge >= 0.3 is 5.97 Å². The van der Waals surface area contributed by atoms with Crippen molar-refractivity contribution in [3.05, 3.63) is 11.6 Å². The van der Waals surface area contributed by atoms with E-state index in [1.807, 2.05) is 6.92 Å². The van der Waals surface area contributed by atoms with E-state index in [1.54, 1.807) is 0 Å². The predicted molar refractivity (Wildman–Crippen MR) is 93.2 cm³/mol. The molecule has 3 nitrogen and oxygen atoms in total. The number of rotatable bonds is 4. The molecule has 0 spiro atoms. The second kappa shape index (κ2) is 6.23. The van der Waals surface area contributed by atoms with Gasteiger partial charge in [0.2, 0.25) is 0 Å². The molecule has 2 saturated carbocycles. The standard InChI is InChI=1S/C20H34O3/c1-14(13-17(21)22)9-12-20(23)15(2)7-8-16-18(3,4)10-6-11-19(16,20)5/h13,15-16,23H,6-12H2,1-5H3,(H,21,22)/b14-13-/t15-,16+,19+,20-/m1/s1. The smallest absolute Gasteiger partial charge is 0.328 e. The molecule has 0 unspecified atom stereocenters. The summed E-state index contributed by atoms with van der Waals surface area (Å²) >= 11 is 0. The third-order valence-corrected chi connectivity index (χ3v) is 7.19. The molecule has 0 aromatic rings. The fraction of sp³-hybridized carbons (Fsp3) is 0.850. The van der Waals surface area contributed by atoms with Crippen molar-refractivity contribution in [2.24, 2.45) is 22.7 Å². The summed E-state index contributed by atoms with van der Waals surface area (Å²) in [4.78, 5) is 10.8. The first-order valence-corrected chi connectivity index (χ1v) is 9.15. The molecule has 4 atom stereocenters. The first-order chi connectivity index (χ1) is 10.5. The molecular weight excluding hydrogens is 288 g/mol. The molecule has 3 heteroatoms. The topological polar surface area (TPSA) is 57.5 Å². The average molecular weight is 322 g/mol. The summed E-state index contributed by atoms with van der Waals surface area (Å²) in [6, 6.07) is 0. The highest BCUT2D eigenvalue weighted by atomic mass is 16.4. The van der Waals surface area contributed by atoms with E-state index in [-0.39, 0.29) is 16.7 Å². The van der Waals surface area contributed by atoms with Crippen LogP contribution in [0.1, 0.15) is 79.6 Å². The quantitative estimate of drug-likeness (QED) is 0.732. The number of hydrogen-bond acceptors (Lipinski definition) is 2. The van der Waals surface area contributed by atoms with Crippen LogP contribution < -0.4 is 0 Å². The zero-order valence-corrected chi connectivity index (χ0v) is 15.5. The van der Waals surface area contributed by atoms with Gasteiger partial charge in [0, 0.05) is 6.08 Å². The Bertz CT molecular complexity index is 493. The Balaban J connectivity index is 2.27. The second-order valence-corrected chi connectivity index (χ2v) is 9.04. The van der Waals surface area contributed by atoms with Crippen molar-refractivity contribution >= 4 is 5.97 Å². The molecule has 23 heavy (non-hydrogen) atoms. The van der Waals surface area contributed by atoms with Crippen LogP contribution in [-0.4, -0.2) is 21.8 Å². The van der Waals surface area contributed by atoms with Crippen LogP contribution in [0.3, 0.4) is 0 Å². The molecule has 0 heterocycles. The van der Waals surface area contributed by atoms with E-state index < -0.39 is 11.6 Å². The van der Waals surface area contributed by atoms with Gasteiger partial charge in [-0.25, -0.2) is 4.79 Å². The summed E-state index contributed by atoms with van der Waals surface area (Å²) in [5.41, 5.74) is 0.378. The molecule has 0 saturated heterocycles. The molecule has 2 aliphatic carbocycles. The van der Waals surface area contributed by atoms with Gasteiger partial charge < -0.3 is 10.2 Å². The van der Waals surface area contributed by atoms with E-state index in [4.69, 9.17) is 5.11 Å². The number of aliphatic carboxylic acids is 1. The predicted octanol–water partition coefficient (Wildman–Crippen LogP) is 4.79. The van der Waals surface area contributed by atoms with Crippen LogP contribution in [-0.2, 0) is 4.79 Å². The summed E-state index contributed by atoms with van der Waals surface area (Å²) in [5, 5.41) is 20.6. The van der Waals surface area contributed by atoms with Gasteiger partial charge in [-0.15, -0.1) is 0 Å². The van der Waals surface area contributed by atoms with Crippen LogP contribution in [0, 0.1) is 22.7 Å². The molecule has 0 bridgehead atoms. The Morgan fingerprint density at radius 3 is 2.48 bits per heavy atom. The molecule has 2 fully saturated rings. The van der Waals surface area contributed by atoms with Crippen molar-refractivity contribution in [1.82, 2.24) is 0 Å². The number of aliphatic hydroxyl groups is 1. The van der Waals surface area contributed by atoms with Crippen molar-refractivity contribution in [1.29, 1.82) is 0 Å². The maximum absolute atomic E-state index is 11.7. The number of carboxylic acids is 1. The van der Waals surface area contributed by atoms with Crippen LogP contribution >= 0.6 is 0 Å². The molecule has 0 aromatic carbocycles. The largest absolute Gasteiger partial charge is 0.478 e. The maximum atomic E-state index is 11.7. The Kier molecular flexibility index (Phi) is 5.02. The van der Waals surface area contributed by atoms with Gasteiger partial charge in [0.05, 0.1) is 5.60 Å². The minimum absolute atomic E-state index is 0.0596. The number of fused-ring (bicyclic) bond motifs is 1. The fourth-order valence-electron chi connectivity index (χ4n) is 5.77. The van der Waals surface area contributed by atoms with Crippen molar-refractivity contribution in [2.75, 3.05) is 0 Å². The van der Waals surface area contributed by atoms with Gasteiger partial charge in [0.25, 0.3) is 0 Å². The first-order valence-electron chi connectivity index (χ1n) is 9.15. The monoisotopic (exact) mass is 322 g/mol. The Morgan fingerprint density at radius 2 is 1.87 bits per heavy atom. The van der Waals surface area contributed by atoms with Crippen molar-refractivity contribution < 1.29 is 15.0 Å². The third kappa shape index (κ3) is 3.22. The second-order valence-electron chi connectivity index (χ2n) is 9.04. The zero-order valence-electron chi connectivity index (χ0n) is 15.5. The highest BCUT2D eigenvalue weighted by molar-refractivity contribution is 5.80. The van der Waals surface area contributed by atoms with E-state index >= 15 is 0 Å². The number of hydrogen-bond donors (Lipinski definition) is 2. The molecule has 2 aliphatic rings. The third-order valence-electron chi connectivity index (χ3n) is 7.19. The lowest BCUT2D eigenvalue weighted by Crippen LogP contribution is -2.62. The SMILES string of the molecule is C/C(=C/C(=O)O)CC[C@@]1(O)[C@H](C)CC[C@H]2C(C)(C)CCC[C@@]21C. The van der Waals surface area contributed by atoms with E-state index in [1.165, 1.54) is 25.3 Å². The van der Waals surface area contributed by atoms with Gasteiger partial charge in [0.1, 0.15) is 0 Å². The summed E-state index contributed by atoms with van der Waals surface area (Å²) in [7, 11) is 0. The molecule has 0 aromatic heterocycles. The number of carboxylic acid groups (broad SMARTS) is 1.